The van der Waals surface area contributed by atoms with Gasteiger partial charge < -0.3 is 15.5 Å². The van der Waals surface area contributed by atoms with Crippen LogP contribution in [0.2, 0.25) is 0 Å². The fourth-order valence-corrected chi connectivity index (χ4v) is 7.17. The molecule has 0 radical (unpaired) electrons. The van der Waals surface area contributed by atoms with Crippen LogP contribution in [0.4, 0.5) is 10.1 Å². The Kier molecular flexibility index (Phi) is 7.14. The summed E-state index contributed by atoms with van der Waals surface area (Å²) in [5.41, 5.74) is 7.04. The van der Waals surface area contributed by atoms with Gasteiger partial charge in [0, 0.05) is 43.9 Å². The number of rotatable bonds is 5. The van der Waals surface area contributed by atoms with Crippen molar-refractivity contribution in [3.8, 4) is 0 Å². The highest BCUT2D eigenvalue weighted by atomic mass is 32.2. The topological polar surface area (TPSA) is 104 Å². The molecule has 2 fully saturated rings. The van der Waals surface area contributed by atoms with Gasteiger partial charge in [0.25, 0.3) is 0 Å². The number of benzene rings is 2. The van der Waals surface area contributed by atoms with E-state index < -0.39 is 33.0 Å². The Morgan fingerprint density at radius 2 is 1.80 bits per heavy atom. The molecule has 2 amide bonds. The molecular formula is C25H31FN4O4S. The molecule has 10 heteroatoms. The number of anilines is 1. The fourth-order valence-electron chi connectivity index (χ4n) is 4.98. The second-order valence-electron chi connectivity index (χ2n) is 9.27. The maximum atomic E-state index is 15.3. The van der Waals surface area contributed by atoms with Crippen molar-refractivity contribution >= 4 is 27.5 Å². The van der Waals surface area contributed by atoms with Gasteiger partial charge in [0.1, 0.15) is 17.1 Å². The Hall–Kier alpha value is -2.98. The Bertz CT molecular complexity index is 1210. The van der Waals surface area contributed by atoms with Crippen molar-refractivity contribution in [1.29, 1.82) is 0 Å². The lowest BCUT2D eigenvalue weighted by Gasteiger charge is -2.41. The number of carbonyl (C=O) groups is 2. The lowest BCUT2D eigenvalue weighted by atomic mass is 10.0. The van der Waals surface area contributed by atoms with E-state index in [2.05, 4.69) is 0 Å². The molecule has 35 heavy (non-hydrogen) atoms. The van der Waals surface area contributed by atoms with E-state index in [0.717, 1.165) is 5.56 Å². The van der Waals surface area contributed by atoms with Crippen LogP contribution in [0.15, 0.2) is 48.5 Å². The lowest BCUT2D eigenvalue weighted by Crippen LogP contribution is -2.59. The number of carbonyl (C=O) groups excluding carboxylic acids is 2. The van der Waals surface area contributed by atoms with Crippen LogP contribution in [0.25, 0.3) is 0 Å². The van der Waals surface area contributed by atoms with Crippen LogP contribution in [-0.2, 0) is 26.2 Å². The summed E-state index contributed by atoms with van der Waals surface area (Å²) in [6.07, 6.45) is 1.20. The molecule has 0 bridgehead atoms. The van der Waals surface area contributed by atoms with Crippen LogP contribution < -0.4 is 10.6 Å². The smallest absolute Gasteiger partial charge is 0.241 e. The predicted molar refractivity (Wildman–Crippen MR) is 131 cm³/mol. The van der Waals surface area contributed by atoms with Crippen molar-refractivity contribution in [2.24, 2.45) is 5.73 Å². The molecule has 2 aliphatic rings. The third-order valence-electron chi connectivity index (χ3n) is 7.04. The zero-order valence-electron chi connectivity index (χ0n) is 19.9. The summed E-state index contributed by atoms with van der Waals surface area (Å²) in [7, 11) is -3.69. The molecule has 3 atom stereocenters. The minimum absolute atomic E-state index is 0.0731. The highest BCUT2D eigenvalue weighted by molar-refractivity contribution is 7.89. The van der Waals surface area contributed by atoms with Gasteiger partial charge in [-0.2, -0.15) is 4.31 Å². The van der Waals surface area contributed by atoms with Crippen LogP contribution in [0.5, 0.6) is 0 Å². The molecule has 8 nitrogen and oxygen atoms in total. The average Bonchev–Trinajstić information content (AvgIpc) is 2.82. The molecule has 2 aromatic rings. The molecule has 2 saturated heterocycles. The second kappa shape index (κ2) is 9.94. The number of nitrogens with two attached hydrogens (primary N) is 1. The van der Waals surface area contributed by atoms with Gasteiger partial charge in [-0.3, -0.25) is 9.59 Å². The van der Waals surface area contributed by atoms with Gasteiger partial charge in [-0.25, -0.2) is 12.8 Å². The number of primary amides is 1. The highest BCUT2D eigenvalue weighted by Gasteiger charge is 2.41. The SMILES string of the molecule is CC(=O)N1CCN(c2ccc(CN3[C@@H](C)CCC(c4ccccc4)S3(=O)=O)c(F)c2)[C@@H](C(N)=O)C1. The fraction of sp³-hybridized carbons (Fsp3) is 0.440. The van der Waals surface area contributed by atoms with E-state index in [0.29, 0.717) is 31.6 Å². The summed E-state index contributed by atoms with van der Waals surface area (Å²) in [6, 6.07) is 12.6. The summed E-state index contributed by atoms with van der Waals surface area (Å²) in [4.78, 5) is 27.0. The summed E-state index contributed by atoms with van der Waals surface area (Å²) >= 11 is 0. The van der Waals surface area contributed by atoms with E-state index >= 15 is 4.39 Å². The molecular weight excluding hydrogens is 471 g/mol. The van der Waals surface area contributed by atoms with Crippen LogP contribution in [0.1, 0.15) is 43.1 Å². The van der Waals surface area contributed by atoms with Crippen molar-refractivity contribution in [2.45, 2.75) is 50.6 Å². The minimum Gasteiger partial charge on any atom is -0.368 e. The molecule has 2 heterocycles. The Morgan fingerprint density at radius 3 is 2.43 bits per heavy atom. The monoisotopic (exact) mass is 502 g/mol. The predicted octanol–water partition coefficient (Wildman–Crippen LogP) is 2.40. The molecule has 2 aromatic carbocycles. The summed E-state index contributed by atoms with van der Waals surface area (Å²) in [5.74, 6) is -1.30. The number of amides is 2. The van der Waals surface area contributed by atoms with Gasteiger partial charge in [0.2, 0.25) is 21.8 Å². The zero-order chi connectivity index (χ0) is 25.3. The molecule has 0 aromatic heterocycles. The van der Waals surface area contributed by atoms with E-state index in [9.17, 15) is 18.0 Å². The molecule has 0 saturated carbocycles. The number of nitrogens with zero attached hydrogens (tertiary/aromatic N) is 3. The number of hydrogen-bond donors (Lipinski definition) is 1. The third kappa shape index (κ3) is 5.04. The van der Waals surface area contributed by atoms with Crippen LogP contribution in [0, 0.1) is 5.82 Å². The molecule has 1 unspecified atom stereocenters. The molecule has 4 rings (SSSR count). The summed E-state index contributed by atoms with van der Waals surface area (Å²) < 4.78 is 43.6. The van der Waals surface area contributed by atoms with Gasteiger partial charge in [-0.1, -0.05) is 36.4 Å². The van der Waals surface area contributed by atoms with Crippen molar-refractivity contribution in [2.75, 3.05) is 24.5 Å². The van der Waals surface area contributed by atoms with E-state index in [1.807, 2.05) is 37.3 Å². The number of halogens is 1. The first-order valence-electron chi connectivity index (χ1n) is 11.7. The summed E-state index contributed by atoms with van der Waals surface area (Å²) in [5, 5.41) is -0.656. The number of piperazine rings is 1. The van der Waals surface area contributed by atoms with Gasteiger partial charge in [-0.05, 0) is 37.5 Å². The quantitative estimate of drug-likeness (QED) is 0.676. The van der Waals surface area contributed by atoms with Crippen LogP contribution in [0.3, 0.4) is 0 Å². The molecule has 2 aliphatic heterocycles. The number of hydrogen-bond acceptors (Lipinski definition) is 5. The van der Waals surface area contributed by atoms with Crippen LogP contribution in [-0.4, -0.2) is 61.2 Å². The van der Waals surface area contributed by atoms with Crippen molar-refractivity contribution in [3.63, 3.8) is 0 Å². The molecule has 0 aliphatic carbocycles. The van der Waals surface area contributed by atoms with E-state index in [-0.39, 0.29) is 30.6 Å². The van der Waals surface area contributed by atoms with Gasteiger partial charge >= 0.3 is 0 Å². The first kappa shape index (κ1) is 25.1. The second-order valence-corrected chi connectivity index (χ2v) is 11.3. The first-order chi connectivity index (χ1) is 16.6. The van der Waals surface area contributed by atoms with E-state index in [1.54, 1.807) is 21.9 Å². The average molecular weight is 503 g/mol. The zero-order valence-corrected chi connectivity index (χ0v) is 20.7. The van der Waals surface area contributed by atoms with Gasteiger partial charge in [-0.15, -0.1) is 0 Å². The van der Waals surface area contributed by atoms with E-state index in [1.165, 1.54) is 17.3 Å². The first-order valence-corrected chi connectivity index (χ1v) is 13.3. The van der Waals surface area contributed by atoms with E-state index in [4.69, 9.17) is 5.73 Å². The number of sulfonamides is 1. The lowest BCUT2D eigenvalue weighted by molar-refractivity contribution is -0.130. The largest absolute Gasteiger partial charge is 0.368 e. The Morgan fingerprint density at radius 1 is 1.09 bits per heavy atom. The Balaban J connectivity index is 1.57. The maximum Gasteiger partial charge on any atom is 0.241 e. The van der Waals surface area contributed by atoms with Crippen molar-refractivity contribution in [3.05, 3.63) is 65.5 Å². The van der Waals surface area contributed by atoms with Crippen molar-refractivity contribution < 1.29 is 22.4 Å². The van der Waals surface area contributed by atoms with Gasteiger partial charge in [0.05, 0.1) is 6.54 Å². The minimum atomic E-state index is -3.69. The van der Waals surface area contributed by atoms with Crippen LogP contribution >= 0.6 is 0 Å². The maximum absolute atomic E-state index is 15.3. The standard InChI is InChI=1S/C25H31FN4O4S/c1-17-8-11-24(19-6-4-3-5-7-19)35(33,34)30(17)15-20-9-10-21(14-22(20)26)29-13-12-28(18(2)31)16-23(29)25(27)32/h3-7,9-10,14,17,23-24H,8,11-13,15-16H2,1-2H3,(H2,27,32)/t17-,23+,24?/m0/s1. The molecule has 2 N–H and O–H groups in total. The van der Waals surface area contributed by atoms with Gasteiger partial charge in [0.15, 0.2) is 0 Å². The van der Waals surface area contributed by atoms with Crippen molar-refractivity contribution in [1.82, 2.24) is 9.21 Å². The summed E-state index contributed by atoms with van der Waals surface area (Å²) in [6.45, 7) is 4.07. The third-order valence-corrected chi connectivity index (χ3v) is 9.41. The molecule has 0 spiro atoms. The Labute approximate surface area is 205 Å². The normalized spacial score (nSPS) is 24.8. The highest BCUT2D eigenvalue weighted by Crippen LogP contribution is 2.38. The molecule has 188 valence electrons.